The van der Waals surface area contributed by atoms with E-state index in [-0.39, 0.29) is 18.5 Å². The molecule has 0 aromatic carbocycles. The van der Waals surface area contributed by atoms with Crippen LogP contribution in [-0.2, 0) is 14.3 Å². The Hall–Kier alpha value is -1.92. The van der Waals surface area contributed by atoms with Crippen LogP contribution in [0.3, 0.4) is 0 Å². The molecule has 0 aromatic heterocycles. The zero-order valence-corrected chi connectivity index (χ0v) is 50.5. The van der Waals surface area contributed by atoms with Crippen LogP contribution in [0.15, 0.2) is 36.5 Å². The summed E-state index contributed by atoms with van der Waals surface area (Å²) >= 11 is 0. The molecule has 0 aliphatic rings. The van der Waals surface area contributed by atoms with Gasteiger partial charge in [-0.25, -0.2) is 0 Å². The van der Waals surface area contributed by atoms with E-state index < -0.39 is 12.1 Å². The van der Waals surface area contributed by atoms with Crippen molar-refractivity contribution >= 4 is 11.9 Å². The Labute approximate surface area is 468 Å². The zero-order valence-electron chi connectivity index (χ0n) is 50.5. The van der Waals surface area contributed by atoms with E-state index in [9.17, 15) is 19.8 Å². The molecule has 75 heavy (non-hydrogen) atoms. The number of aliphatic hydroxyl groups is 2. The van der Waals surface area contributed by atoms with Crippen LogP contribution < -0.4 is 5.32 Å². The first-order valence-electron chi connectivity index (χ1n) is 33.7. The first-order valence-corrected chi connectivity index (χ1v) is 33.7. The lowest BCUT2D eigenvalue weighted by atomic mass is 10.0. The highest BCUT2D eigenvalue weighted by atomic mass is 16.5. The van der Waals surface area contributed by atoms with Crippen molar-refractivity contribution in [1.82, 2.24) is 5.32 Å². The van der Waals surface area contributed by atoms with Gasteiger partial charge in [0.15, 0.2) is 0 Å². The van der Waals surface area contributed by atoms with Crippen LogP contribution in [0, 0.1) is 0 Å². The van der Waals surface area contributed by atoms with E-state index in [4.69, 9.17) is 4.74 Å². The van der Waals surface area contributed by atoms with E-state index in [1.54, 1.807) is 0 Å². The molecule has 2 unspecified atom stereocenters. The number of unbranched alkanes of at least 4 members (excludes halogenated alkanes) is 46. The Kier molecular flexibility index (Phi) is 63.0. The van der Waals surface area contributed by atoms with Gasteiger partial charge in [-0.1, -0.05) is 307 Å². The van der Waals surface area contributed by atoms with Crippen molar-refractivity contribution in [2.24, 2.45) is 0 Å². The van der Waals surface area contributed by atoms with Crippen LogP contribution in [0.2, 0.25) is 0 Å². The molecule has 0 saturated carbocycles. The second-order valence-electron chi connectivity index (χ2n) is 23.1. The van der Waals surface area contributed by atoms with Gasteiger partial charge in [0.2, 0.25) is 5.91 Å². The van der Waals surface area contributed by atoms with Gasteiger partial charge in [-0.2, -0.15) is 0 Å². The number of aliphatic hydroxyl groups excluding tert-OH is 2. The third-order valence-corrected chi connectivity index (χ3v) is 15.7. The molecule has 0 aromatic rings. The van der Waals surface area contributed by atoms with Crippen LogP contribution in [0.25, 0.3) is 0 Å². The van der Waals surface area contributed by atoms with E-state index in [1.807, 2.05) is 0 Å². The highest BCUT2D eigenvalue weighted by molar-refractivity contribution is 5.76. The van der Waals surface area contributed by atoms with Gasteiger partial charge in [0.05, 0.1) is 25.4 Å². The maximum Gasteiger partial charge on any atom is 0.305 e. The highest BCUT2D eigenvalue weighted by Gasteiger charge is 2.20. The SMILES string of the molecule is CCCCCC/C=C\C/C=C\CCCCCCCCCC(=O)OCCCCCCCCCCCCCC/C=C\CCCCCCCCCCCCCCCCC(=O)NC(CO)C(O)CCCCCCCCCCCC. The van der Waals surface area contributed by atoms with Crippen LogP contribution in [0.5, 0.6) is 0 Å². The monoisotopic (exact) mass is 1050 g/mol. The molecule has 3 N–H and O–H groups in total. The number of esters is 1. The fourth-order valence-electron chi connectivity index (χ4n) is 10.5. The van der Waals surface area contributed by atoms with Crippen molar-refractivity contribution in [2.75, 3.05) is 13.2 Å². The van der Waals surface area contributed by atoms with Crippen LogP contribution in [-0.4, -0.2) is 47.4 Å². The van der Waals surface area contributed by atoms with Gasteiger partial charge in [0.25, 0.3) is 0 Å². The Morgan fingerprint density at radius 3 is 1.04 bits per heavy atom. The number of rotatable bonds is 63. The smallest absolute Gasteiger partial charge is 0.305 e. The molecule has 0 bridgehead atoms. The van der Waals surface area contributed by atoms with Gasteiger partial charge in [0, 0.05) is 12.8 Å². The van der Waals surface area contributed by atoms with Gasteiger partial charge in [-0.15, -0.1) is 0 Å². The quantitative estimate of drug-likeness (QED) is 0.0320. The molecule has 2 atom stereocenters. The average molecular weight is 1050 g/mol. The predicted octanol–water partition coefficient (Wildman–Crippen LogP) is 21.5. The minimum absolute atomic E-state index is 0.00991. The number of hydrogen-bond donors (Lipinski definition) is 3. The number of allylic oxidation sites excluding steroid dienone is 6. The number of nitrogens with one attached hydrogen (secondary N) is 1. The van der Waals surface area contributed by atoms with Gasteiger partial charge in [-0.3, -0.25) is 9.59 Å². The maximum absolute atomic E-state index is 12.4. The Morgan fingerprint density at radius 2 is 0.667 bits per heavy atom. The summed E-state index contributed by atoms with van der Waals surface area (Å²) in [5, 5.41) is 23.2. The van der Waals surface area contributed by atoms with Crippen LogP contribution in [0.4, 0.5) is 0 Å². The van der Waals surface area contributed by atoms with Crippen molar-refractivity contribution in [3.8, 4) is 0 Å². The zero-order chi connectivity index (χ0) is 54.3. The van der Waals surface area contributed by atoms with Gasteiger partial charge < -0.3 is 20.3 Å². The van der Waals surface area contributed by atoms with Crippen molar-refractivity contribution in [3.63, 3.8) is 0 Å². The average Bonchev–Trinajstić information content (AvgIpc) is 3.41. The van der Waals surface area contributed by atoms with Crippen LogP contribution >= 0.6 is 0 Å². The van der Waals surface area contributed by atoms with Crippen molar-refractivity contribution in [3.05, 3.63) is 36.5 Å². The molecule has 0 saturated heterocycles. The minimum atomic E-state index is -0.661. The predicted molar refractivity (Wildman–Crippen MR) is 329 cm³/mol. The molecule has 6 heteroatoms. The molecule has 0 aliphatic heterocycles. The summed E-state index contributed by atoms with van der Waals surface area (Å²) in [6.07, 6.45) is 81.9. The van der Waals surface area contributed by atoms with Gasteiger partial charge in [0.1, 0.15) is 0 Å². The summed E-state index contributed by atoms with van der Waals surface area (Å²) in [4.78, 5) is 24.5. The third kappa shape index (κ3) is 61.2. The first-order chi connectivity index (χ1) is 37.0. The van der Waals surface area contributed by atoms with Crippen molar-refractivity contribution in [1.29, 1.82) is 0 Å². The normalized spacial score (nSPS) is 12.7. The summed E-state index contributed by atoms with van der Waals surface area (Å²) in [6, 6.07) is -0.538. The molecular weight excluding hydrogens is 923 g/mol. The summed E-state index contributed by atoms with van der Waals surface area (Å²) in [5.41, 5.74) is 0. The van der Waals surface area contributed by atoms with E-state index in [2.05, 4.69) is 55.6 Å². The van der Waals surface area contributed by atoms with Gasteiger partial charge in [-0.05, 0) is 83.5 Å². The molecule has 0 aliphatic carbocycles. The summed E-state index contributed by atoms with van der Waals surface area (Å²) in [5.74, 6) is -0.0241. The van der Waals surface area contributed by atoms with Crippen LogP contribution in [0.1, 0.15) is 367 Å². The number of ether oxygens (including phenoxy) is 1. The van der Waals surface area contributed by atoms with E-state index in [1.165, 1.54) is 283 Å². The number of carbonyl (C=O) groups is 2. The van der Waals surface area contributed by atoms with Crippen molar-refractivity contribution < 1.29 is 24.5 Å². The first kappa shape index (κ1) is 73.1. The second-order valence-corrected chi connectivity index (χ2v) is 23.1. The molecule has 0 fully saturated rings. The minimum Gasteiger partial charge on any atom is -0.466 e. The lowest BCUT2D eigenvalue weighted by molar-refractivity contribution is -0.143. The summed E-state index contributed by atoms with van der Waals surface area (Å²) in [6.45, 7) is 4.94. The van der Waals surface area contributed by atoms with E-state index in [0.717, 1.165) is 51.4 Å². The van der Waals surface area contributed by atoms with E-state index in [0.29, 0.717) is 25.9 Å². The standard InChI is InChI=1S/C69H131NO5/c1-3-5-7-9-11-13-15-16-17-18-34-37-40-43-47-51-55-59-63-69(74)75-64-60-56-52-48-44-41-38-35-32-30-28-26-24-22-20-19-21-23-25-27-29-31-33-36-39-42-46-50-54-58-62-68(73)70-66(65-71)67(72)61-57-53-49-45-14-12-10-8-6-4-2/h13,15,17-18,20,22,66-67,71-72H,3-12,14,16,19,21,23-65H2,1-2H3,(H,70,73)/b15-13-,18-17-,22-20-. The second kappa shape index (κ2) is 64.6. The largest absolute Gasteiger partial charge is 0.466 e. The third-order valence-electron chi connectivity index (χ3n) is 15.7. The fourth-order valence-corrected chi connectivity index (χ4v) is 10.5. The number of carbonyl (C=O) groups excluding carboxylic acids is 2. The summed E-state index contributed by atoms with van der Waals surface area (Å²) < 4.78 is 5.50. The molecule has 1 amide bonds. The Balaban J connectivity index is 3.34. The topological polar surface area (TPSA) is 95.9 Å². The molecule has 0 radical (unpaired) electrons. The van der Waals surface area contributed by atoms with E-state index >= 15 is 0 Å². The lowest BCUT2D eigenvalue weighted by Crippen LogP contribution is -2.45. The molecule has 442 valence electrons. The number of amides is 1. The maximum atomic E-state index is 12.4. The van der Waals surface area contributed by atoms with Gasteiger partial charge >= 0.3 is 5.97 Å². The Morgan fingerprint density at radius 1 is 0.373 bits per heavy atom. The lowest BCUT2D eigenvalue weighted by Gasteiger charge is -2.22. The summed E-state index contributed by atoms with van der Waals surface area (Å²) in [7, 11) is 0. The molecule has 6 nitrogen and oxygen atoms in total. The molecule has 0 heterocycles. The molecular formula is C69H131NO5. The fraction of sp³-hybridized carbons (Fsp3) is 0.884. The Bertz CT molecular complexity index is 1210. The molecule has 0 spiro atoms. The number of hydrogen-bond acceptors (Lipinski definition) is 5. The van der Waals surface area contributed by atoms with Crippen molar-refractivity contribution in [2.45, 2.75) is 379 Å². The molecule has 0 rings (SSSR count). The highest BCUT2D eigenvalue weighted by Crippen LogP contribution is 2.18.